The molecule has 0 radical (unpaired) electrons. The van der Waals surface area contributed by atoms with Crippen molar-refractivity contribution >= 4 is 11.0 Å². The maximum Gasteiger partial charge on any atom is 0.117 e. The van der Waals surface area contributed by atoms with Crippen LogP contribution in [0.15, 0.2) is 18.2 Å². The van der Waals surface area contributed by atoms with Gasteiger partial charge in [-0.25, -0.2) is 0 Å². The SMILES string of the molecule is CCCCCNCc1cccc2n[nH]nc12. The smallest absolute Gasteiger partial charge is 0.117 e. The van der Waals surface area contributed by atoms with Crippen LogP contribution in [0.4, 0.5) is 0 Å². The summed E-state index contributed by atoms with van der Waals surface area (Å²) in [6, 6.07) is 6.09. The standard InChI is InChI=1S/C12H18N4/c1-2-3-4-8-13-9-10-6-5-7-11-12(10)15-16-14-11/h5-7,13H,2-4,8-9H2,1H3,(H,14,15,16). The van der Waals surface area contributed by atoms with Crippen LogP contribution in [0.1, 0.15) is 31.7 Å². The number of nitrogens with one attached hydrogen (secondary N) is 2. The van der Waals surface area contributed by atoms with E-state index in [0.29, 0.717) is 0 Å². The summed E-state index contributed by atoms with van der Waals surface area (Å²) in [5.41, 5.74) is 3.13. The van der Waals surface area contributed by atoms with Gasteiger partial charge in [-0.05, 0) is 24.6 Å². The number of nitrogens with zero attached hydrogens (tertiary/aromatic N) is 2. The lowest BCUT2D eigenvalue weighted by Gasteiger charge is -2.04. The third kappa shape index (κ3) is 2.58. The highest BCUT2D eigenvalue weighted by Crippen LogP contribution is 2.12. The Morgan fingerprint density at radius 2 is 2.19 bits per heavy atom. The van der Waals surface area contributed by atoms with E-state index in [4.69, 9.17) is 0 Å². The van der Waals surface area contributed by atoms with E-state index < -0.39 is 0 Å². The lowest BCUT2D eigenvalue weighted by Crippen LogP contribution is -2.14. The number of benzene rings is 1. The van der Waals surface area contributed by atoms with E-state index in [1.165, 1.54) is 24.8 Å². The molecule has 2 aromatic rings. The molecule has 4 nitrogen and oxygen atoms in total. The molecule has 1 heterocycles. The van der Waals surface area contributed by atoms with Crippen LogP contribution in [0.2, 0.25) is 0 Å². The van der Waals surface area contributed by atoms with Crippen molar-refractivity contribution in [3.63, 3.8) is 0 Å². The molecule has 0 amide bonds. The minimum atomic E-state index is 0.869. The molecule has 4 heteroatoms. The number of fused-ring (bicyclic) bond motifs is 1. The van der Waals surface area contributed by atoms with Gasteiger partial charge in [-0.2, -0.15) is 15.4 Å². The fourth-order valence-corrected chi connectivity index (χ4v) is 1.79. The van der Waals surface area contributed by atoms with E-state index in [-0.39, 0.29) is 0 Å². The number of para-hydroxylation sites is 1. The molecule has 0 aliphatic heterocycles. The van der Waals surface area contributed by atoms with Crippen molar-refractivity contribution in [1.82, 2.24) is 20.7 Å². The predicted molar refractivity (Wildman–Crippen MR) is 65.1 cm³/mol. The molecular weight excluding hydrogens is 200 g/mol. The molecule has 0 aliphatic carbocycles. The van der Waals surface area contributed by atoms with Gasteiger partial charge in [0.25, 0.3) is 0 Å². The van der Waals surface area contributed by atoms with E-state index in [9.17, 15) is 0 Å². The topological polar surface area (TPSA) is 53.6 Å². The lowest BCUT2D eigenvalue weighted by atomic mass is 10.2. The summed E-state index contributed by atoms with van der Waals surface area (Å²) < 4.78 is 0. The largest absolute Gasteiger partial charge is 0.313 e. The fourth-order valence-electron chi connectivity index (χ4n) is 1.79. The summed E-state index contributed by atoms with van der Waals surface area (Å²) in [4.78, 5) is 0. The molecule has 1 aromatic heterocycles. The molecule has 2 N–H and O–H groups in total. The van der Waals surface area contributed by atoms with Crippen molar-refractivity contribution < 1.29 is 0 Å². The number of unbranched alkanes of at least 4 members (excludes halogenated alkanes) is 2. The van der Waals surface area contributed by atoms with Crippen LogP contribution in [-0.4, -0.2) is 22.0 Å². The number of hydrogen-bond acceptors (Lipinski definition) is 3. The van der Waals surface area contributed by atoms with Gasteiger partial charge in [0, 0.05) is 6.54 Å². The van der Waals surface area contributed by atoms with Crippen LogP contribution < -0.4 is 5.32 Å². The highest BCUT2D eigenvalue weighted by atomic mass is 15.3. The van der Waals surface area contributed by atoms with Crippen LogP contribution in [0.5, 0.6) is 0 Å². The summed E-state index contributed by atoms with van der Waals surface area (Å²) in [6.45, 7) is 4.16. The maximum absolute atomic E-state index is 4.16. The minimum absolute atomic E-state index is 0.869. The Bertz CT molecular complexity index is 435. The number of aromatic amines is 1. The predicted octanol–water partition coefficient (Wildman–Crippen LogP) is 2.24. The van der Waals surface area contributed by atoms with Gasteiger partial charge in [-0.1, -0.05) is 31.9 Å². The Balaban J connectivity index is 1.91. The molecule has 0 spiro atoms. The quantitative estimate of drug-likeness (QED) is 0.731. The highest BCUT2D eigenvalue weighted by Gasteiger charge is 2.03. The van der Waals surface area contributed by atoms with E-state index in [2.05, 4.69) is 33.7 Å². The molecular formula is C12H18N4. The lowest BCUT2D eigenvalue weighted by molar-refractivity contribution is 0.618. The first-order valence-corrected chi connectivity index (χ1v) is 5.91. The van der Waals surface area contributed by atoms with Crippen molar-refractivity contribution in [2.45, 2.75) is 32.7 Å². The summed E-state index contributed by atoms with van der Waals surface area (Å²) in [5.74, 6) is 0. The van der Waals surface area contributed by atoms with E-state index in [0.717, 1.165) is 24.1 Å². The zero-order valence-corrected chi connectivity index (χ0v) is 9.66. The average molecular weight is 218 g/mol. The van der Waals surface area contributed by atoms with Crippen molar-refractivity contribution in [3.8, 4) is 0 Å². The first-order chi connectivity index (χ1) is 7.92. The van der Waals surface area contributed by atoms with Gasteiger partial charge >= 0.3 is 0 Å². The number of hydrogen-bond donors (Lipinski definition) is 2. The molecule has 2 rings (SSSR count). The fraction of sp³-hybridized carbons (Fsp3) is 0.500. The zero-order valence-electron chi connectivity index (χ0n) is 9.66. The Labute approximate surface area is 95.4 Å². The Morgan fingerprint density at radius 1 is 1.25 bits per heavy atom. The third-order valence-electron chi connectivity index (χ3n) is 2.70. The van der Waals surface area contributed by atoms with Gasteiger partial charge in [-0.15, -0.1) is 0 Å². The molecule has 16 heavy (non-hydrogen) atoms. The van der Waals surface area contributed by atoms with Crippen LogP contribution in [-0.2, 0) is 6.54 Å². The maximum atomic E-state index is 4.16. The van der Waals surface area contributed by atoms with E-state index >= 15 is 0 Å². The number of aromatic nitrogens is 3. The summed E-state index contributed by atoms with van der Waals surface area (Å²) in [7, 11) is 0. The molecule has 0 atom stereocenters. The zero-order chi connectivity index (χ0) is 11.2. The van der Waals surface area contributed by atoms with Crippen LogP contribution in [0, 0.1) is 0 Å². The number of H-pyrrole nitrogens is 1. The molecule has 0 saturated heterocycles. The molecule has 0 aliphatic rings. The van der Waals surface area contributed by atoms with E-state index in [1.54, 1.807) is 0 Å². The first-order valence-electron chi connectivity index (χ1n) is 5.91. The third-order valence-corrected chi connectivity index (χ3v) is 2.70. The second-order valence-corrected chi connectivity index (χ2v) is 3.99. The van der Waals surface area contributed by atoms with Crippen molar-refractivity contribution in [1.29, 1.82) is 0 Å². The van der Waals surface area contributed by atoms with Crippen molar-refractivity contribution in [2.75, 3.05) is 6.54 Å². The van der Waals surface area contributed by atoms with Crippen LogP contribution in [0.25, 0.3) is 11.0 Å². The van der Waals surface area contributed by atoms with Gasteiger partial charge in [0.15, 0.2) is 0 Å². The summed E-state index contributed by atoms with van der Waals surface area (Å²) >= 11 is 0. The normalized spacial score (nSPS) is 11.1. The Morgan fingerprint density at radius 3 is 3.06 bits per heavy atom. The molecule has 1 aromatic carbocycles. The van der Waals surface area contributed by atoms with Crippen molar-refractivity contribution in [2.24, 2.45) is 0 Å². The van der Waals surface area contributed by atoms with Gasteiger partial charge < -0.3 is 5.32 Å². The second kappa shape index (κ2) is 5.61. The van der Waals surface area contributed by atoms with Crippen LogP contribution in [0.3, 0.4) is 0 Å². The van der Waals surface area contributed by atoms with E-state index in [1.807, 2.05) is 12.1 Å². The highest BCUT2D eigenvalue weighted by molar-refractivity contribution is 5.77. The van der Waals surface area contributed by atoms with Crippen LogP contribution >= 0.6 is 0 Å². The van der Waals surface area contributed by atoms with Crippen molar-refractivity contribution in [3.05, 3.63) is 23.8 Å². The Kier molecular flexibility index (Phi) is 3.88. The first kappa shape index (κ1) is 11.1. The summed E-state index contributed by atoms with van der Waals surface area (Å²) in [5, 5.41) is 14.3. The second-order valence-electron chi connectivity index (χ2n) is 3.99. The monoisotopic (exact) mass is 218 g/mol. The van der Waals surface area contributed by atoms with Gasteiger partial charge in [-0.3, -0.25) is 0 Å². The minimum Gasteiger partial charge on any atom is -0.313 e. The van der Waals surface area contributed by atoms with Gasteiger partial charge in [0.1, 0.15) is 11.0 Å². The Hall–Kier alpha value is -1.42. The molecule has 0 unspecified atom stereocenters. The van der Waals surface area contributed by atoms with Gasteiger partial charge in [0.2, 0.25) is 0 Å². The molecule has 0 bridgehead atoms. The number of rotatable bonds is 6. The average Bonchev–Trinajstić information content (AvgIpc) is 2.77. The molecule has 0 saturated carbocycles. The molecule has 86 valence electrons. The van der Waals surface area contributed by atoms with Gasteiger partial charge in [0.05, 0.1) is 0 Å². The molecule has 0 fully saturated rings. The summed E-state index contributed by atoms with van der Waals surface area (Å²) in [6.07, 6.45) is 3.80.